The third-order valence-corrected chi connectivity index (χ3v) is 8.05. The molecule has 1 aromatic rings. The molecular weight excluding hydrogens is 434 g/mol. The fraction of sp³-hybridized carbons (Fsp3) is 0.765. The molecule has 0 amide bonds. The first-order valence-corrected chi connectivity index (χ1v) is 11.8. The molecule has 0 unspecified atom stereocenters. The molecule has 10 heteroatoms. The van der Waals surface area contributed by atoms with Crippen LogP contribution in [0.3, 0.4) is 0 Å². The van der Waals surface area contributed by atoms with E-state index >= 15 is 0 Å². The number of aliphatic hydroxyl groups excluding tert-OH is 1. The van der Waals surface area contributed by atoms with Crippen LogP contribution >= 0.6 is 15.9 Å². The number of nitrogens with one attached hydrogen (secondary N) is 2. The first kappa shape index (κ1) is 22.3. The summed E-state index contributed by atoms with van der Waals surface area (Å²) in [6, 6.07) is 0.00464. The molecular formula is C17H30BrN5O3S. The molecule has 1 aliphatic heterocycles. The summed E-state index contributed by atoms with van der Waals surface area (Å²) in [5.74, 6) is 1.11. The van der Waals surface area contributed by atoms with Crippen molar-refractivity contribution in [1.29, 1.82) is 0 Å². The molecule has 1 aromatic heterocycles. The second-order valence-electron chi connectivity index (χ2n) is 6.92. The predicted molar refractivity (Wildman–Crippen MR) is 111 cm³/mol. The van der Waals surface area contributed by atoms with Crippen molar-refractivity contribution in [1.82, 2.24) is 14.3 Å². The van der Waals surface area contributed by atoms with Crippen molar-refractivity contribution in [3.63, 3.8) is 0 Å². The van der Waals surface area contributed by atoms with Gasteiger partial charge >= 0.3 is 0 Å². The maximum atomic E-state index is 12.7. The summed E-state index contributed by atoms with van der Waals surface area (Å²) in [5.41, 5.74) is 0. The molecule has 8 nitrogen and oxygen atoms in total. The van der Waals surface area contributed by atoms with Crippen molar-refractivity contribution in [3.05, 3.63) is 10.7 Å². The Labute approximate surface area is 170 Å². The van der Waals surface area contributed by atoms with Crippen LogP contribution in [0.15, 0.2) is 10.7 Å². The van der Waals surface area contributed by atoms with Crippen LogP contribution in [0.1, 0.15) is 46.5 Å². The maximum Gasteiger partial charge on any atom is 0.224 e. The summed E-state index contributed by atoms with van der Waals surface area (Å²) in [6.07, 6.45) is 4.38. The lowest BCUT2D eigenvalue weighted by Crippen LogP contribution is -2.46. The maximum absolute atomic E-state index is 12.7. The van der Waals surface area contributed by atoms with E-state index in [1.807, 2.05) is 20.8 Å². The Morgan fingerprint density at radius 2 is 1.96 bits per heavy atom. The lowest BCUT2D eigenvalue weighted by molar-refractivity contribution is 0.281. The molecule has 154 valence electrons. The molecule has 1 fully saturated rings. The number of rotatable bonds is 9. The fourth-order valence-corrected chi connectivity index (χ4v) is 5.46. The molecule has 2 heterocycles. The first-order chi connectivity index (χ1) is 12.8. The normalized spacial score (nSPS) is 17.9. The number of halogens is 1. The van der Waals surface area contributed by atoms with E-state index in [0.29, 0.717) is 50.5 Å². The van der Waals surface area contributed by atoms with Gasteiger partial charge in [0.05, 0.1) is 16.3 Å². The van der Waals surface area contributed by atoms with Crippen LogP contribution < -0.4 is 10.6 Å². The smallest absolute Gasteiger partial charge is 0.224 e. The Bertz CT molecular complexity index is 707. The minimum absolute atomic E-state index is 0.00263. The zero-order valence-electron chi connectivity index (χ0n) is 16.2. The highest BCUT2D eigenvalue weighted by atomic mass is 79.9. The van der Waals surface area contributed by atoms with Crippen LogP contribution in [0.2, 0.25) is 0 Å². The van der Waals surface area contributed by atoms with E-state index in [1.165, 1.54) is 0 Å². The number of anilines is 2. The Morgan fingerprint density at radius 1 is 1.33 bits per heavy atom. The minimum atomic E-state index is -3.21. The van der Waals surface area contributed by atoms with Crippen molar-refractivity contribution in [3.8, 4) is 0 Å². The molecule has 1 atom stereocenters. The van der Waals surface area contributed by atoms with Gasteiger partial charge in [-0.3, -0.25) is 0 Å². The average molecular weight is 464 g/mol. The second-order valence-corrected chi connectivity index (χ2v) is 9.99. The molecule has 0 saturated carbocycles. The number of piperidine rings is 1. The van der Waals surface area contributed by atoms with E-state index in [0.717, 1.165) is 4.47 Å². The van der Waals surface area contributed by atoms with Gasteiger partial charge in [0.1, 0.15) is 5.82 Å². The molecule has 1 saturated heterocycles. The molecule has 2 rings (SSSR count). The molecule has 0 aromatic carbocycles. The van der Waals surface area contributed by atoms with Gasteiger partial charge in [0.15, 0.2) is 0 Å². The molecule has 0 radical (unpaired) electrons. The summed E-state index contributed by atoms with van der Waals surface area (Å²) in [7, 11) is -3.21. The summed E-state index contributed by atoms with van der Waals surface area (Å²) >= 11 is 3.40. The lowest BCUT2D eigenvalue weighted by atomic mass is 10.1. The number of hydrogen-bond acceptors (Lipinski definition) is 7. The van der Waals surface area contributed by atoms with Gasteiger partial charge in [-0.05, 0) is 48.5 Å². The molecule has 27 heavy (non-hydrogen) atoms. The highest BCUT2D eigenvalue weighted by Gasteiger charge is 2.32. The standard InChI is InChI=1S/C17H30BrN5O3S/c1-4-14(5-2)27(25,26)23-8-6-13(7-9-23)21-17-19-10-15(18)16(22-17)20-12(3)11-24/h10,12-14,24H,4-9,11H2,1-3H3,(H2,19,20,21,22)/t12-/m0/s1. The Balaban J connectivity index is 1.97. The summed E-state index contributed by atoms with van der Waals surface area (Å²) in [4.78, 5) is 8.74. The van der Waals surface area contributed by atoms with Crippen LogP contribution in [-0.2, 0) is 10.0 Å². The zero-order valence-corrected chi connectivity index (χ0v) is 18.6. The molecule has 3 N–H and O–H groups in total. The SMILES string of the molecule is CCC(CC)S(=O)(=O)N1CCC(Nc2ncc(Br)c(N[C@@H](C)CO)n2)CC1. The van der Waals surface area contributed by atoms with Gasteiger partial charge in [-0.2, -0.15) is 4.98 Å². The summed E-state index contributed by atoms with van der Waals surface area (Å²) in [6.45, 7) is 6.74. The third kappa shape index (κ3) is 5.75. The first-order valence-electron chi connectivity index (χ1n) is 9.47. The van der Waals surface area contributed by atoms with Crippen molar-refractivity contribution in [2.75, 3.05) is 30.3 Å². The van der Waals surface area contributed by atoms with Gasteiger partial charge < -0.3 is 15.7 Å². The van der Waals surface area contributed by atoms with Crippen molar-refractivity contribution >= 4 is 37.7 Å². The monoisotopic (exact) mass is 463 g/mol. The quantitative estimate of drug-likeness (QED) is 0.515. The zero-order chi connectivity index (χ0) is 20.0. The van der Waals surface area contributed by atoms with Crippen LogP contribution in [0, 0.1) is 0 Å². The van der Waals surface area contributed by atoms with Crippen LogP contribution in [0.5, 0.6) is 0 Å². The Morgan fingerprint density at radius 3 is 2.52 bits per heavy atom. The van der Waals surface area contributed by atoms with Gasteiger partial charge in [-0.1, -0.05) is 13.8 Å². The molecule has 0 spiro atoms. The molecule has 0 aliphatic carbocycles. The van der Waals surface area contributed by atoms with E-state index in [-0.39, 0.29) is 23.9 Å². The van der Waals surface area contributed by atoms with Gasteiger partial charge in [0.2, 0.25) is 16.0 Å². The Hall–Kier alpha value is -0.970. The third-order valence-electron chi connectivity index (χ3n) is 4.88. The number of aliphatic hydroxyl groups is 1. The minimum Gasteiger partial charge on any atom is -0.394 e. The number of aromatic nitrogens is 2. The lowest BCUT2D eigenvalue weighted by Gasteiger charge is -2.33. The van der Waals surface area contributed by atoms with E-state index < -0.39 is 10.0 Å². The van der Waals surface area contributed by atoms with E-state index in [4.69, 9.17) is 0 Å². The molecule has 0 bridgehead atoms. The molecule has 1 aliphatic rings. The second kappa shape index (κ2) is 9.99. The van der Waals surface area contributed by atoms with E-state index in [1.54, 1.807) is 10.5 Å². The Kier molecular flexibility index (Phi) is 8.26. The highest BCUT2D eigenvalue weighted by molar-refractivity contribution is 9.10. The van der Waals surface area contributed by atoms with Gasteiger partial charge in [0.25, 0.3) is 0 Å². The average Bonchev–Trinajstić information content (AvgIpc) is 2.65. The predicted octanol–water partition coefficient (Wildman–Crippen LogP) is 2.43. The number of sulfonamides is 1. The highest BCUT2D eigenvalue weighted by Crippen LogP contribution is 2.24. The van der Waals surface area contributed by atoms with E-state index in [9.17, 15) is 13.5 Å². The number of hydrogen-bond donors (Lipinski definition) is 3. The van der Waals surface area contributed by atoms with Gasteiger partial charge in [0, 0.05) is 31.4 Å². The van der Waals surface area contributed by atoms with Gasteiger partial charge in [-0.15, -0.1) is 0 Å². The van der Waals surface area contributed by atoms with Crippen molar-refractivity contribution in [2.45, 2.75) is 63.8 Å². The van der Waals surface area contributed by atoms with Crippen LogP contribution in [0.25, 0.3) is 0 Å². The van der Waals surface area contributed by atoms with E-state index in [2.05, 4.69) is 36.5 Å². The largest absolute Gasteiger partial charge is 0.394 e. The van der Waals surface area contributed by atoms with Crippen molar-refractivity contribution in [2.24, 2.45) is 0 Å². The van der Waals surface area contributed by atoms with Crippen molar-refractivity contribution < 1.29 is 13.5 Å². The van der Waals surface area contributed by atoms with Gasteiger partial charge in [-0.25, -0.2) is 17.7 Å². The summed E-state index contributed by atoms with van der Waals surface area (Å²) in [5, 5.41) is 15.3. The summed E-state index contributed by atoms with van der Waals surface area (Å²) < 4.78 is 27.7. The number of nitrogens with zero attached hydrogens (tertiary/aromatic N) is 3. The fourth-order valence-electron chi connectivity index (χ4n) is 3.17. The topological polar surface area (TPSA) is 107 Å². The van der Waals surface area contributed by atoms with Crippen LogP contribution in [0.4, 0.5) is 11.8 Å². The van der Waals surface area contributed by atoms with Crippen LogP contribution in [-0.4, -0.2) is 64.8 Å².